The Bertz CT molecular complexity index is 141. The first-order chi connectivity index (χ1) is 4.84. The Labute approximate surface area is 59.1 Å². The summed E-state index contributed by atoms with van der Waals surface area (Å²) in [6.07, 6.45) is 4.95. The lowest BCUT2D eigenvalue weighted by Crippen LogP contribution is -2.22. The summed E-state index contributed by atoms with van der Waals surface area (Å²) in [5, 5.41) is 2.34. The highest BCUT2D eigenvalue weighted by molar-refractivity contribution is 4.62. The second-order valence-corrected chi connectivity index (χ2v) is 2.68. The summed E-state index contributed by atoms with van der Waals surface area (Å²) in [5.41, 5.74) is 0. The van der Waals surface area contributed by atoms with E-state index in [4.69, 9.17) is 0 Å². The average Bonchev–Trinajstić information content (AvgIpc) is 2.05. The molecule has 1 fully saturated rings. The normalized spacial score (nSPS) is 20.4. The minimum atomic E-state index is -0.133. The summed E-state index contributed by atoms with van der Waals surface area (Å²) in [4.78, 5) is 20.7. The number of hydrogen-bond donors (Lipinski definition) is 0. The zero-order chi connectivity index (χ0) is 7.40. The van der Waals surface area contributed by atoms with Crippen LogP contribution in [-0.2, 0) is 0 Å². The van der Waals surface area contributed by atoms with Crippen molar-refractivity contribution in [2.24, 2.45) is 5.29 Å². The highest BCUT2D eigenvalue weighted by Gasteiger charge is 2.28. The van der Waals surface area contributed by atoms with Crippen LogP contribution in [0, 0.1) is 9.81 Å². The molecule has 0 saturated heterocycles. The fraction of sp³-hybridized carbons (Fsp3) is 1.00. The molecule has 4 nitrogen and oxygen atoms in total. The summed E-state index contributed by atoms with van der Waals surface area (Å²) < 4.78 is 0. The predicted molar refractivity (Wildman–Crippen MR) is 36.3 cm³/mol. The molecule has 0 radical (unpaired) electrons. The topological polar surface area (TPSA) is 49.5 Å². The van der Waals surface area contributed by atoms with Gasteiger partial charge in [0, 0.05) is 12.8 Å². The summed E-state index contributed by atoms with van der Waals surface area (Å²) in [5.74, 6) is 0. The van der Waals surface area contributed by atoms with Crippen LogP contribution in [0.2, 0.25) is 0 Å². The fourth-order valence-corrected chi connectivity index (χ4v) is 1.37. The van der Waals surface area contributed by atoms with Gasteiger partial charge in [0.1, 0.15) is 0 Å². The first-order valence-electron chi connectivity index (χ1n) is 3.64. The standard InChI is InChI=1S/C6H11N2O2/c9-7-8(10)6-4-2-1-3-5-6/h6H,1-5H2/q+1. The van der Waals surface area contributed by atoms with Crippen molar-refractivity contribution in [2.45, 2.75) is 38.1 Å². The summed E-state index contributed by atoms with van der Waals surface area (Å²) in [6, 6.07) is -0.133. The fourth-order valence-electron chi connectivity index (χ4n) is 1.37. The summed E-state index contributed by atoms with van der Waals surface area (Å²) >= 11 is 0. The zero-order valence-corrected chi connectivity index (χ0v) is 5.82. The molecule has 0 aliphatic heterocycles. The Morgan fingerprint density at radius 3 is 2.30 bits per heavy atom. The molecule has 56 valence electrons. The summed E-state index contributed by atoms with van der Waals surface area (Å²) in [7, 11) is 0. The molecule has 1 aliphatic carbocycles. The Hall–Kier alpha value is -0.800. The van der Waals surface area contributed by atoms with Gasteiger partial charge in [-0.2, -0.15) is 0 Å². The van der Waals surface area contributed by atoms with Crippen LogP contribution in [0.25, 0.3) is 0 Å². The Kier molecular flexibility index (Phi) is 2.48. The average molecular weight is 143 g/mol. The maximum atomic E-state index is 10.6. The van der Waals surface area contributed by atoms with Crippen LogP contribution in [0.5, 0.6) is 0 Å². The molecule has 0 N–H and O–H groups in total. The zero-order valence-electron chi connectivity index (χ0n) is 5.82. The van der Waals surface area contributed by atoms with Crippen molar-refractivity contribution in [3.05, 3.63) is 9.81 Å². The van der Waals surface area contributed by atoms with E-state index in [0.29, 0.717) is 4.87 Å². The van der Waals surface area contributed by atoms with Gasteiger partial charge in [-0.1, -0.05) is 11.3 Å². The molecule has 0 aromatic rings. The maximum Gasteiger partial charge on any atom is 0.291 e. The highest BCUT2D eigenvalue weighted by atomic mass is 16.4. The lowest BCUT2D eigenvalue weighted by molar-refractivity contribution is -0.597. The van der Waals surface area contributed by atoms with Crippen molar-refractivity contribution < 1.29 is 4.87 Å². The second kappa shape index (κ2) is 3.39. The Balaban J connectivity index is 2.38. The van der Waals surface area contributed by atoms with E-state index in [0.717, 1.165) is 25.7 Å². The van der Waals surface area contributed by atoms with E-state index in [-0.39, 0.29) is 6.04 Å². The molecule has 0 atom stereocenters. The Morgan fingerprint density at radius 1 is 1.20 bits per heavy atom. The van der Waals surface area contributed by atoms with Crippen LogP contribution in [0.3, 0.4) is 0 Å². The van der Waals surface area contributed by atoms with Crippen LogP contribution in [0.15, 0.2) is 5.29 Å². The third kappa shape index (κ3) is 1.59. The molecule has 0 unspecified atom stereocenters. The molecule has 10 heavy (non-hydrogen) atoms. The molecular formula is C6H11N2O2+. The van der Waals surface area contributed by atoms with E-state index in [1.165, 1.54) is 6.42 Å². The predicted octanol–water partition coefficient (Wildman–Crippen LogP) is 1.78. The van der Waals surface area contributed by atoms with E-state index < -0.39 is 0 Å². The van der Waals surface area contributed by atoms with Crippen molar-refractivity contribution in [3.63, 3.8) is 0 Å². The van der Waals surface area contributed by atoms with Crippen molar-refractivity contribution in [3.8, 4) is 0 Å². The largest absolute Gasteiger partial charge is 0.291 e. The highest BCUT2D eigenvalue weighted by Crippen LogP contribution is 2.19. The Morgan fingerprint density at radius 2 is 1.80 bits per heavy atom. The van der Waals surface area contributed by atoms with Crippen LogP contribution >= 0.6 is 0 Å². The molecule has 0 aromatic carbocycles. The van der Waals surface area contributed by atoms with Crippen LogP contribution in [0.1, 0.15) is 32.1 Å². The van der Waals surface area contributed by atoms with E-state index in [1.807, 2.05) is 0 Å². The lowest BCUT2D eigenvalue weighted by Gasteiger charge is -2.09. The number of hydrogen-bond acceptors (Lipinski definition) is 2. The van der Waals surface area contributed by atoms with Crippen molar-refractivity contribution in [2.75, 3.05) is 0 Å². The molecule has 0 heterocycles. The van der Waals surface area contributed by atoms with Crippen LogP contribution in [-0.4, -0.2) is 10.9 Å². The van der Waals surface area contributed by atoms with Gasteiger partial charge in [0.15, 0.2) is 4.87 Å². The maximum absolute atomic E-state index is 10.6. The molecule has 1 aliphatic rings. The number of rotatable bonds is 2. The third-order valence-electron chi connectivity index (χ3n) is 1.97. The smallest absolute Gasteiger partial charge is 0.0766 e. The van der Waals surface area contributed by atoms with Gasteiger partial charge < -0.3 is 0 Å². The van der Waals surface area contributed by atoms with E-state index in [9.17, 15) is 9.81 Å². The number of nitrogens with zero attached hydrogens (tertiary/aromatic N) is 2. The third-order valence-corrected chi connectivity index (χ3v) is 1.97. The first-order valence-corrected chi connectivity index (χ1v) is 3.64. The molecule has 0 spiro atoms. The first kappa shape index (κ1) is 7.31. The van der Waals surface area contributed by atoms with Gasteiger partial charge >= 0.3 is 0 Å². The van der Waals surface area contributed by atoms with Gasteiger partial charge in [0.25, 0.3) is 5.29 Å². The van der Waals surface area contributed by atoms with Crippen molar-refractivity contribution in [1.82, 2.24) is 0 Å². The van der Waals surface area contributed by atoms with Crippen LogP contribution in [0.4, 0.5) is 0 Å². The molecular weight excluding hydrogens is 132 g/mol. The van der Waals surface area contributed by atoms with E-state index in [2.05, 4.69) is 5.29 Å². The monoisotopic (exact) mass is 143 g/mol. The van der Waals surface area contributed by atoms with Crippen LogP contribution < -0.4 is 0 Å². The minimum Gasteiger partial charge on any atom is -0.0766 e. The van der Waals surface area contributed by atoms with Gasteiger partial charge in [-0.15, -0.1) is 0 Å². The van der Waals surface area contributed by atoms with E-state index in [1.54, 1.807) is 0 Å². The molecule has 1 rings (SSSR count). The van der Waals surface area contributed by atoms with Gasteiger partial charge in [0.05, 0.1) is 4.91 Å². The van der Waals surface area contributed by atoms with Crippen molar-refractivity contribution in [1.29, 1.82) is 0 Å². The van der Waals surface area contributed by atoms with E-state index >= 15 is 0 Å². The molecule has 1 saturated carbocycles. The molecule has 0 amide bonds. The quantitative estimate of drug-likeness (QED) is 0.336. The number of nitroso groups, excluding NO2 is 2. The molecule has 0 aromatic heterocycles. The SMILES string of the molecule is O=N[N+](=O)C1CCCCC1. The van der Waals surface area contributed by atoms with Crippen molar-refractivity contribution >= 4 is 0 Å². The summed E-state index contributed by atoms with van der Waals surface area (Å²) in [6.45, 7) is 0. The molecule has 0 bridgehead atoms. The van der Waals surface area contributed by atoms with Gasteiger partial charge in [0.2, 0.25) is 6.04 Å². The van der Waals surface area contributed by atoms with Gasteiger partial charge in [-0.3, -0.25) is 0 Å². The van der Waals surface area contributed by atoms with Gasteiger partial charge in [-0.25, -0.2) is 0 Å². The second-order valence-electron chi connectivity index (χ2n) is 2.68. The van der Waals surface area contributed by atoms with Gasteiger partial charge in [-0.05, 0) is 12.8 Å². The minimum absolute atomic E-state index is 0.133. The molecule has 4 heteroatoms. The lowest BCUT2D eigenvalue weighted by atomic mass is 9.96.